The normalized spacial score (nSPS) is 15.7. The fourth-order valence-corrected chi connectivity index (χ4v) is 3.81. The van der Waals surface area contributed by atoms with Crippen molar-refractivity contribution < 1.29 is 0 Å². The SMILES string of the molecule is CC(C)CCN(Cc1cc(C#CCN)cs1)C1CCCC1. The summed E-state index contributed by atoms with van der Waals surface area (Å²) in [6.07, 6.45) is 6.86. The van der Waals surface area contributed by atoms with Crippen molar-refractivity contribution in [2.24, 2.45) is 11.7 Å². The first kappa shape index (κ1) is 16.5. The van der Waals surface area contributed by atoms with Gasteiger partial charge in [-0.25, -0.2) is 0 Å². The molecule has 2 N–H and O–H groups in total. The molecule has 3 heteroatoms. The standard InChI is InChI=1S/C18H28N2S/c1-15(2)9-11-20(17-7-3-4-8-17)13-18-12-16(14-21-18)6-5-10-19/h12,14-15,17H,3-4,7-11,13,19H2,1-2H3. The van der Waals surface area contributed by atoms with E-state index in [0.717, 1.165) is 24.1 Å². The average molecular weight is 305 g/mol. The van der Waals surface area contributed by atoms with Crippen LogP contribution >= 0.6 is 11.3 Å². The second-order valence-electron chi connectivity index (χ2n) is 6.40. The molecule has 21 heavy (non-hydrogen) atoms. The third-order valence-corrected chi connectivity index (χ3v) is 5.10. The van der Waals surface area contributed by atoms with Gasteiger partial charge in [0.05, 0.1) is 6.54 Å². The monoisotopic (exact) mass is 304 g/mol. The minimum atomic E-state index is 0.438. The summed E-state index contributed by atoms with van der Waals surface area (Å²) in [5.41, 5.74) is 6.56. The van der Waals surface area contributed by atoms with Crippen molar-refractivity contribution in [1.29, 1.82) is 0 Å². The van der Waals surface area contributed by atoms with E-state index in [9.17, 15) is 0 Å². The van der Waals surface area contributed by atoms with Crippen molar-refractivity contribution in [3.63, 3.8) is 0 Å². The zero-order chi connectivity index (χ0) is 15.1. The molecule has 0 spiro atoms. The van der Waals surface area contributed by atoms with E-state index in [0.29, 0.717) is 6.54 Å². The van der Waals surface area contributed by atoms with Crippen LogP contribution in [0, 0.1) is 17.8 Å². The van der Waals surface area contributed by atoms with Crippen molar-refractivity contribution in [2.45, 2.75) is 58.5 Å². The van der Waals surface area contributed by atoms with Gasteiger partial charge in [-0.3, -0.25) is 4.90 Å². The van der Waals surface area contributed by atoms with Crippen LogP contribution in [-0.2, 0) is 6.54 Å². The van der Waals surface area contributed by atoms with Crippen LogP contribution in [0.3, 0.4) is 0 Å². The lowest BCUT2D eigenvalue weighted by atomic mass is 10.1. The number of nitrogens with two attached hydrogens (primary N) is 1. The van der Waals surface area contributed by atoms with Gasteiger partial charge >= 0.3 is 0 Å². The molecule has 0 radical (unpaired) electrons. The van der Waals surface area contributed by atoms with E-state index in [-0.39, 0.29) is 0 Å². The molecule has 1 aliphatic carbocycles. The molecule has 2 nitrogen and oxygen atoms in total. The molecule has 0 amide bonds. The molecule has 1 aromatic heterocycles. The summed E-state index contributed by atoms with van der Waals surface area (Å²) in [4.78, 5) is 4.14. The molecular weight excluding hydrogens is 276 g/mol. The minimum Gasteiger partial charge on any atom is -0.320 e. The lowest BCUT2D eigenvalue weighted by Crippen LogP contribution is -2.33. The Morgan fingerprint density at radius 3 is 2.81 bits per heavy atom. The van der Waals surface area contributed by atoms with E-state index < -0.39 is 0 Å². The Labute approximate surface area is 133 Å². The predicted octanol–water partition coefficient (Wildman–Crippen LogP) is 3.85. The van der Waals surface area contributed by atoms with E-state index in [1.807, 2.05) is 11.3 Å². The first-order chi connectivity index (χ1) is 10.2. The molecule has 1 fully saturated rings. The number of nitrogens with zero attached hydrogens (tertiary/aromatic N) is 1. The van der Waals surface area contributed by atoms with Gasteiger partial charge in [-0.1, -0.05) is 38.5 Å². The maximum absolute atomic E-state index is 5.44. The van der Waals surface area contributed by atoms with Crippen molar-refractivity contribution in [2.75, 3.05) is 13.1 Å². The minimum absolute atomic E-state index is 0.438. The molecule has 1 aliphatic rings. The van der Waals surface area contributed by atoms with E-state index in [4.69, 9.17) is 5.73 Å². The van der Waals surface area contributed by atoms with Gasteiger partial charge in [-0.2, -0.15) is 0 Å². The van der Waals surface area contributed by atoms with Gasteiger partial charge in [-0.15, -0.1) is 11.3 Å². The van der Waals surface area contributed by atoms with Gasteiger partial charge in [-0.05, 0) is 37.8 Å². The van der Waals surface area contributed by atoms with Gasteiger partial charge in [0.15, 0.2) is 0 Å². The molecule has 0 bridgehead atoms. The Bertz CT molecular complexity index is 475. The molecule has 1 aromatic rings. The Kier molecular flexibility index (Phi) is 6.76. The van der Waals surface area contributed by atoms with Gasteiger partial charge in [0.1, 0.15) is 0 Å². The molecule has 1 saturated carbocycles. The summed E-state index contributed by atoms with van der Waals surface area (Å²) in [6.45, 7) is 7.39. The highest BCUT2D eigenvalue weighted by Gasteiger charge is 2.22. The highest BCUT2D eigenvalue weighted by Crippen LogP contribution is 2.27. The first-order valence-corrected chi connectivity index (χ1v) is 9.07. The Morgan fingerprint density at radius 2 is 2.14 bits per heavy atom. The zero-order valence-electron chi connectivity index (χ0n) is 13.4. The third kappa shape index (κ3) is 5.47. The number of rotatable bonds is 6. The van der Waals surface area contributed by atoms with Crippen molar-refractivity contribution >= 4 is 11.3 Å². The van der Waals surface area contributed by atoms with Gasteiger partial charge in [0.2, 0.25) is 0 Å². The third-order valence-electron chi connectivity index (χ3n) is 4.18. The highest BCUT2D eigenvalue weighted by atomic mass is 32.1. The molecule has 116 valence electrons. The maximum Gasteiger partial charge on any atom is 0.0555 e. The maximum atomic E-state index is 5.44. The average Bonchev–Trinajstić information content (AvgIpc) is 3.12. The fourth-order valence-electron chi connectivity index (χ4n) is 2.97. The molecule has 1 heterocycles. The first-order valence-electron chi connectivity index (χ1n) is 8.19. The second-order valence-corrected chi connectivity index (χ2v) is 7.39. The van der Waals surface area contributed by atoms with Gasteiger partial charge in [0, 0.05) is 28.4 Å². The van der Waals surface area contributed by atoms with Crippen molar-refractivity contribution in [3.8, 4) is 11.8 Å². The van der Waals surface area contributed by atoms with Gasteiger partial charge in [0.25, 0.3) is 0 Å². The molecule has 0 aliphatic heterocycles. The van der Waals surface area contributed by atoms with Crippen LogP contribution in [0.4, 0.5) is 0 Å². The second kappa shape index (κ2) is 8.58. The number of hydrogen-bond acceptors (Lipinski definition) is 3. The smallest absolute Gasteiger partial charge is 0.0555 e. The van der Waals surface area contributed by atoms with Crippen LogP contribution in [0.1, 0.15) is 56.4 Å². The molecular formula is C18H28N2S. The Balaban J connectivity index is 1.97. The summed E-state index contributed by atoms with van der Waals surface area (Å²) < 4.78 is 0. The van der Waals surface area contributed by atoms with Crippen LogP contribution in [-0.4, -0.2) is 24.0 Å². The van der Waals surface area contributed by atoms with Crippen LogP contribution in [0.5, 0.6) is 0 Å². The quantitative estimate of drug-likeness (QED) is 0.809. The van der Waals surface area contributed by atoms with Crippen LogP contribution in [0.25, 0.3) is 0 Å². The van der Waals surface area contributed by atoms with E-state index in [2.05, 4.69) is 42.0 Å². The summed E-state index contributed by atoms with van der Waals surface area (Å²) in [7, 11) is 0. The van der Waals surface area contributed by atoms with Crippen LogP contribution in [0.2, 0.25) is 0 Å². The molecule has 0 aromatic carbocycles. The van der Waals surface area contributed by atoms with E-state index >= 15 is 0 Å². The van der Waals surface area contributed by atoms with Crippen LogP contribution < -0.4 is 5.73 Å². The predicted molar refractivity (Wildman–Crippen MR) is 92.4 cm³/mol. The van der Waals surface area contributed by atoms with Gasteiger partial charge < -0.3 is 5.73 Å². The lowest BCUT2D eigenvalue weighted by molar-refractivity contribution is 0.181. The Hall–Kier alpha value is -0.820. The van der Waals surface area contributed by atoms with E-state index in [1.54, 1.807) is 0 Å². The summed E-state index contributed by atoms with van der Waals surface area (Å²) in [5, 5.41) is 2.16. The topological polar surface area (TPSA) is 29.3 Å². The number of thiophene rings is 1. The Morgan fingerprint density at radius 1 is 1.38 bits per heavy atom. The van der Waals surface area contributed by atoms with Crippen molar-refractivity contribution in [1.82, 2.24) is 4.90 Å². The summed E-state index contributed by atoms with van der Waals surface area (Å²) >= 11 is 1.84. The molecule has 2 rings (SSSR count). The summed E-state index contributed by atoms with van der Waals surface area (Å²) in [6, 6.07) is 3.04. The number of hydrogen-bond donors (Lipinski definition) is 1. The highest BCUT2D eigenvalue weighted by molar-refractivity contribution is 7.10. The van der Waals surface area contributed by atoms with Crippen LogP contribution in [0.15, 0.2) is 11.4 Å². The molecule has 0 atom stereocenters. The van der Waals surface area contributed by atoms with E-state index in [1.165, 1.54) is 43.5 Å². The molecule has 0 saturated heterocycles. The summed E-state index contributed by atoms with van der Waals surface area (Å²) in [5.74, 6) is 6.85. The largest absolute Gasteiger partial charge is 0.320 e. The molecule has 0 unspecified atom stereocenters. The zero-order valence-corrected chi connectivity index (χ0v) is 14.2. The fraction of sp³-hybridized carbons (Fsp3) is 0.667. The van der Waals surface area contributed by atoms with Crippen molar-refractivity contribution in [3.05, 3.63) is 21.9 Å². The lowest BCUT2D eigenvalue weighted by Gasteiger charge is -2.29.